The van der Waals surface area contributed by atoms with E-state index in [1.807, 2.05) is 13.1 Å². The highest BCUT2D eigenvalue weighted by Crippen LogP contribution is 2.37. The molecule has 0 aromatic carbocycles. The lowest BCUT2D eigenvalue weighted by Crippen LogP contribution is -2.40. The molecule has 0 amide bonds. The standard InChI is InChI=1S/C11H15BrClN3/c1-16(10(5-14)7-2-3-7)11-9(12)4-8(13)6-15-11/h4,6-7,10H,2-3,5,14H2,1H3. The zero-order chi connectivity index (χ0) is 11.7. The minimum Gasteiger partial charge on any atom is -0.354 e. The number of nitrogens with zero attached hydrogens (tertiary/aromatic N) is 2. The summed E-state index contributed by atoms with van der Waals surface area (Å²) >= 11 is 9.36. The molecular weight excluding hydrogens is 289 g/mol. The molecule has 1 saturated carbocycles. The summed E-state index contributed by atoms with van der Waals surface area (Å²) < 4.78 is 0.918. The molecule has 1 aromatic rings. The van der Waals surface area contributed by atoms with Gasteiger partial charge in [0.25, 0.3) is 0 Å². The van der Waals surface area contributed by atoms with E-state index in [-0.39, 0.29) is 0 Å². The van der Waals surface area contributed by atoms with Crippen LogP contribution < -0.4 is 10.6 Å². The van der Waals surface area contributed by atoms with Gasteiger partial charge < -0.3 is 10.6 Å². The summed E-state index contributed by atoms with van der Waals surface area (Å²) in [6, 6.07) is 2.24. The van der Waals surface area contributed by atoms with Gasteiger partial charge in [0.15, 0.2) is 0 Å². The smallest absolute Gasteiger partial charge is 0.143 e. The summed E-state index contributed by atoms with van der Waals surface area (Å²) in [5.41, 5.74) is 5.82. The van der Waals surface area contributed by atoms with Crippen LogP contribution in [0.1, 0.15) is 12.8 Å². The Bertz CT molecular complexity index is 381. The van der Waals surface area contributed by atoms with Gasteiger partial charge in [-0.1, -0.05) is 11.6 Å². The first kappa shape index (κ1) is 12.1. The predicted octanol–water partition coefficient (Wildman–Crippen LogP) is 2.67. The SMILES string of the molecule is CN(c1ncc(Cl)cc1Br)C(CN)C1CC1. The van der Waals surface area contributed by atoms with Crippen molar-refractivity contribution >= 4 is 33.3 Å². The molecule has 1 heterocycles. The quantitative estimate of drug-likeness (QED) is 0.930. The van der Waals surface area contributed by atoms with Gasteiger partial charge in [0.2, 0.25) is 0 Å². The molecular formula is C11H15BrClN3. The normalized spacial score (nSPS) is 17.2. The molecule has 0 radical (unpaired) electrons. The van der Waals surface area contributed by atoms with Crippen molar-refractivity contribution in [3.05, 3.63) is 21.8 Å². The number of halogens is 2. The van der Waals surface area contributed by atoms with E-state index in [9.17, 15) is 0 Å². The van der Waals surface area contributed by atoms with Gasteiger partial charge in [-0.05, 0) is 40.8 Å². The summed E-state index contributed by atoms with van der Waals surface area (Å²) in [7, 11) is 2.04. The third kappa shape index (κ3) is 2.50. The molecule has 2 N–H and O–H groups in total. The van der Waals surface area contributed by atoms with Gasteiger partial charge in [-0.3, -0.25) is 0 Å². The Hall–Kier alpha value is -0.320. The Kier molecular flexibility index (Phi) is 3.72. The first-order valence-corrected chi connectivity index (χ1v) is 6.54. The van der Waals surface area contributed by atoms with Crippen LogP contribution in [0.2, 0.25) is 5.02 Å². The Morgan fingerprint density at radius 1 is 1.69 bits per heavy atom. The van der Waals surface area contributed by atoms with E-state index in [1.165, 1.54) is 12.8 Å². The van der Waals surface area contributed by atoms with Gasteiger partial charge in [-0.15, -0.1) is 0 Å². The van der Waals surface area contributed by atoms with E-state index in [4.69, 9.17) is 17.3 Å². The molecule has 0 spiro atoms. The van der Waals surface area contributed by atoms with Crippen molar-refractivity contribution in [2.24, 2.45) is 11.7 Å². The molecule has 1 aromatic heterocycles. The average Bonchev–Trinajstić information content (AvgIpc) is 3.02. The number of anilines is 1. The van der Waals surface area contributed by atoms with Crippen molar-refractivity contribution in [3.63, 3.8) is 0 Å². The largest absolute Gasteiger partial charge is 0.354 e. The molecule has 0 saturated heterocycles. The van der Waals surface area contributed by atoms with Crippen molar-refractivity contribution in [2.75, 3.05) is 18.5 Å². The van der Waals surface area contributed by atoms with E-state index in [2.05, 4.69) is 25.8 Å². The molecule has 1 aliphatic rings. The summed E-state index contributed by atoms with van der Waals surface area (Å²) in [4.78, 5) is 6.50. The molecule has 3 nitrogen and oxygen atoms in total. The van der Waals surface area contributed by atoms with Crippen LogP contribution in [0.4, 0.5) is 5.82 Å². The third-order valence-electron chi connectivity index (χ3n) is 3.03. The van der Waals surface area contributed by atoms with Gasteiger partial charge in [0.05, 0.1) is 9.50 Å². The number of nitrogens with two attached hydrogens (primary N) is 1. The fourth-order valence-corrected chi connectivity index (χ4v) is 2.89. The van der Waals surface area contributed by atoms with Crippen LogP contribution in [0.25, 0.3) is 0 Å². The van der Waals surface area contributed by atoms with Gasteiger partial charge >= 0.3 is 0 Å². The first-order valence-electron chi connectivity index (χ1n) is 5.37. The maximum atomic E-state index is 5.87. The highest BCUT2D eigenvalue weighted by molar-refractivity contribution is 9.10. The summed E-state index contributed by atoms with van der Waals surface area (Å²) in [6.45, 7) is 0.665. The monoisotopic (exact) mass is 303 g/mol. The predicted molar refractivity (Wildman–Crippen MR) is 70.9 cm³/mol. The lowest BCUT2D eigenvalue weighted by atomic mass is 10.1. The maximum Gasteiger partial charge on any atom is 0.143 e. The molecule has 1 fully saturated rings. The number of pyridine rings is 1. The van der Waals surface area contributed by atoms with Gasteiger partial charge in [0, 0.05) is 25.8 Å². The van der Waals surface area contributed by atoms with Gasteiger partial charge in [-0.2, -0.15) is 0 Å². The minimum absolute atomic E-state index is 0.380. The second-order valence-electron chi connectivity index (χ2n) is 4.21. The maximum absolute atomic E-state index is 5.87. The molecule has 0 bridgehead atoms. The molecule has 2 rings (SSSR count). The topological polar surface area (TPSA) is 42.2 Å². The summed E-state index contributed by atoms with van der Waals surface area (Å²) in [5, 5.41) is 0.639. The van der Waals surface area contributed by atoms with Crippen LogP contribution in [0.3, 0.4) is 0 Å². The van der Waals surface area contributed by atoms with Crippen LogP contribution in [0.5, 0.6) is 0 Å². The lowest BCUT2D eigenvalue weighted by Gasteiger charge is -2.28. The Balaban J connectivity index is 2.21. The fourth-order valence-electron chi connectivity index (χ4n) is 1.97. The number of hydrogen-bond donors (Lipinski definition) is 1. The van der Waals surface area contributed by atoms with E-state index >= 15 is 0 Å². The zero-order valence-electron chi connectivity index (χ0n) is 9.16. The number of aromatic nitrogens is 1. The fraction of sp³-hybridized carbons (Fsp3) is 0.545. The summed E-state index contributed by atoms with van der Waals surface area (Å²) in [5.74, 6) is 1.63. The minimum atomic E-state index is 0.380. The molecule has 0 aliphatic heterocycles. The molecule has 5 heteroatoms. The van der Waals surface area contributed by atoms with Crippen molar-refractivity contribution in [1.29, 1.82) is 0 Å². The molecule has 16 heavy (non-hydrogen) atoms. The second kappa shape index (κ2) is 4.90. The van der Waals surface area contributed by atoms with Crippen molar-refractivity contribution < 1.29 is 0 Å². The highest BCUT2D eigenvalue weighted by Gasteiger charge is 2.33. The van der Waals surface area contributed by atoms with E-state index in [0.29, 0.717) is 17.6 Å². The van der Waals surface area contributed by atoms with E-state index in [1.54, 1.807) is 6.20 Å². The van der Waals surface area contributed by atoms with Crippen LogP contribution in [0, 0.1) is 5.92 Å². The van der Waals surface area contributed by atoms with Crippen LogP contribution in [-0.4, -0.2) is 24.6 Å². The summed E-state index contributed by atoms with van der Waals surface area (Å²) in [6.07, 6.45) is 4.22. The van der Waals surface area contributed by atoms with Crippen molar-refractivity contribution in [1.82, 2.24) is 4.98 Å². The zero-order valence-corrected chi connectivity index (χ0v) is 11.5. The number of hydrogen-bond acceptors (Lipinski definition) is 3. The van der Waals surface area contributed by atoms with Crippen molar-refractivity contribution in [3.8, 4) is 0 Å². The second-order valence-corrected chi connectivity index (χ2v) is 5.50. The average molecular weight is 305 g/mol. The van der Waals surface area contributed by atoms with Crippen LogP contribution in [-0.2, 0) is 0 Å². The van der Waals surface area contributed by atoms with Crippen molar-refractivity contribution in [2.45, 2.75) is 18.9 Å². The Labute approximate surface area is 109 Å². The Morgan fingerprint density at radius 3 is 2.88 bits per heavy atom. The van der Waals surface area contributed by atoms with Gasteiger partial charge in [0.1, 0.15) is 5.82 Å². The van der Waals surface area contributed by atoms with Gasteiger partial charge in [-0.25, -0.2) is 4.98 Å². The number of rotatable bonds is 4. The third-order valence-corrected chi connectivity index (χ3v) is 3.82. The lowest BCUT2D eigenvalue weighted by molar-refractivity contribution is 0.565. The molecule has 1 atom stereocenters. The van der Waals surface area contributed by atoms with Crippen LogP contribution >= 0.6 is 27.5 Å². The first-order chi connectivity index (χ1) is 7.63. The van der Waals surface area contributed by atoms with E-state index in [0.717, 1.165) is 16.2 Å². The highest BCUT2D eigenvalue weighted by atomic mass is 79.9. The van der Waals surface area contributed by atoms with Crippen LogP contribution in [0.15, 0.2) is 16.7 Å². The van der Waals surface area contributed by atoms with E-state index < -0.39 is 0 Å². The molecule has 88 valence electrons. The number of likely N-dealkylation sites (N-methyl/N-ethyl adjacent to an activating group) is 1. The molecule has 1 unspecified atom stereocenters. The molecule has 1 aliphatic carbocycles. The Morgan fingerprint density at radius 2 is 2.38 bits per heavy atom.